The molecule has 0 radical (unpaired) electrons. The molecule has 2 aromatic heterocycles. The first-order chi connectivity index (χ1) is 11.7. The molecule has 0 amide bonds. The Morgan fingerprint density at radius 2 is 1.96 bits per heavy atom. The second-order valence-electron chi connectivity index (χ2n) is 5.65. The second kappa shape index (κ2) is 7.14. The van der Waals surface area contributed by atoms with E-state index in [4.69, 9.17) is 5.41 Å². The lowest BCUT2D eigenvalue weighted by Crippen LogP contribution is -2.77. The van der Waals surface area contributed by atoms with Crippen molar-refractivity contribution in [1.82, 2.24) is 20.2 Å². The fraction of sp³-hybridized carbons (Fsp3) is 0.222. The van der Waals surface area contributed by atoms with Gasteiger partial charge in [0, 0.05) is 24.4 Å². The van der Waals surface area contributed by atoms with Gasteiger partial charge in [0.15, 0.2) is 0 Å². The van der Waals surface area contributed by atoms with Crippen molar-refractivity contribution in [3.8, 4) is 11.4 Å². The van der Waals surface area contributed by atoms with Crippen molar-refractivity contribution in [3.63, 3.8) is 0 Å². The molecule has 0 aliphatic rings. The van der Waals surface area contributed by atoms with Gasteiger partial charge in [-0.15, -0.1) is 0 Å². The highest BCUT2D eigenvalue weighted by molar-refractivity contribution is 5.90. The predicted molar refractivity (Wildman–Crippen MR) is 93.3 cm³/mol. The molecule has 0 fully saturated rings. The molecular weight excluding hydrogens is 300 g/mol. The van der Waals surface area contributed by atoms with Crippen LogP contribution >= 0.6 is 0 Å². The monoisotopic (exact) mass is 321 g/mol. The van der Waals surface area contributed by atoms with Gasteiger partial charge in [0.05, 0.1) is 5.69 Å². The quantitative estimate of drug-likeness (QED) is 0.607. The van der Waals surface area contributed by atoms with Gasteiger partial charge in [0.25, 0.3) is 0 Å². The van der Waals surface area contributed by atoms with Crippen molar-refractivity contribution in [2.75, 3.05) is 0 Å². The number of nitrogens with two attached hydrogens (primary N) is 1. The van der Waals surface area contributed by atoms with E-state index < -0.39 is 0 Å². The third-order valence-electron chi connectivity index (χ3n) is 3.89. The minimum atomic E-state index is 0.712. The van der Waals surface area contributed by atoms with Crippen LogP contribution in [-0.2, 0) is 13.0 Å². The molecule has 122 valence electrons. The van der Waals surface area contributed by atoms with Gasteiger partial charge >= 0.3 is 0 Å². The molecule has 4 N–H and O–H groups in total. The fourth-order valence-electron chi connectivity index (χ4n) is 2.52. The van der Waals surface area contributed by atoms with Crippen molar-refractivity contribution >= 4 is 12.0 Å². The zero-order valence-electron chi connectivity index (χ0n) is 13.9. The highest BCUT2D eigenvalue weighted by Crippen LogP contribution is 2.21. The minimum Gasteiger partial charge on any atom is -0.308 e. The number of nitrogens with one attached hydrogen (secondary N) is 2. The van der Waals surface area contributed by atoms with E-state index in [-0.39, 0.29) is 0 Å². The molecule has 3 aromatic rings. The normalized spacial score (nSPS) is 10.8. The topological polar surface area (TPSA) is 94.9 Å². The molecule has 24 heavy (non-hydrogen) atoms. The van der Waals surface area contributed by atoms with Crippen LogP contribution < -0.4 is 5.32 Å². The Balaban J connectivity index is 1.95. The summed E-state index contributed by atoms with van der Waals surface area (Å²) < 4.78 is 0. The zero-order valence-corrected chi connectivity index (χ0v) is 13.9. The van der Waals surface area contributed by atoms with E-state index in [1.54, 1.807) is 6.20 Å². The maximum Gasteiger partial charge on any atom is 0.237 e. The number of hydrogen-bond donors (Lipinski definition) is 3. The summed E-state index contributed by atoms with van der Waals surface area (Å²) in [7, 11) is 0. The van der Waals surface area contributed by atoms with E-state index >= 15 is 0 Å². The molecule has 0 atom stereocenters. The van der Waals surface area contributed by atoms with Crippen LogP contribution in [0.25, 0.3) is 11.4 Å². The van der Waals surface area contributed by atoms with Crippen molar-refractivity contribution in [1.29, 1.82) is 5.41 Å². The Morgan fingerprint density at radius 3 is 2.58 bits per heavy atom. The minimum absolute atomic E-state index is 0.712. The average Bonchev–Trinajstić information content (AvgIpc) is 3.14. The van der Waals surface area contributed by atoms with Crippen molar-refractivity contribution in [2.24, 2.45) is 0 Å². The summed E-state index contributed by atoms with van der Waals surface area (Å²) in [5.41, 5.74) is 4.70. The lowest BCUT2D eigenvalue weighted by molar-refractivity contribution is -0.592. The van der Waals surface area contributed by atoms with E-state index in [0.717, 1.165) is 36.0 Å². The Bertz CT molecular complexity index is 821. The molecule has 0 spiro atoms. The number of nitrogens with zero attached hydrogens (tertiary/aromatic N) is 3. The number of hydrogen-bond acceptors (Lipinski definition) is 4. The summed E-state index contributed by atoms with van der Waals surface area (Å²) in [6.07, 6.45) is 3.74. The summed E-state index contributed by atoms with van der Waals surface area (Å²) in [6.45, 7) is 4.87. The van der Waals surface area contributed by atoms with Crippen LogP contribution in [0.1, 0.15) is 29.4 Å². The summed E-state index contributed by atoms with van der Waals surface area (Å²) in [6, 6.07) is 10.3. The first-order valence-corrected chi connectivity index (χ1v) is 8.01. The lowest BCUT2D eigenvalue weighted by atomic mass is 10.1. The molecule has 0 bridgehead atoms. The van der Waals surface area contributed by atoms with Crippen LogP contribution in [0.2, 0.25) is 0 Å². The Kier molecular flexibility index (Phi) is 4.77. The number of benzene rings is 1. The Morgan fingerprint density at radius 1 is 1.17 bits per heavy atom. The SMILES string of the molecule is CCc1nc([NH2+]Cc2ccc(C)cc2)c(C=N)c(-c2ccn[nH]2)n1. The third-order valence-corrected chi connectivity index (χ3v) is 3.89. The molecule has 0 saturated heterocycles. The smallest absolute Gasteiger partial charge is 0.237 e. The van der Waals surface area contributed by atoms with Gasteiger partial charge in [0.1, 0.15) is 23.6 Å². The zero-order chi connectivity index (χ0) is 16.9. The van der Waals surface area contributed by atoms with Crippen molar-refractivity contribution < 1.29 is 5.32 Å². The molecule has 6 nitrogen and oxygen atoms in total. The molecule has 3 rings (SSSR count). The number of aryl methyl sites for hydroxylation is 2. The third kappa shape index (κ3) is 3.38. The van der Waals surface area contributed by atoms with Crippen molar-refractivity contribution in [2.45, 2.75) is 26.8 Å². The van der Waals surface area contributed by atoms with E-state index in [1.807, 2.05) is 13.0 Å². The van der Waals surface area contributed by atoms with E-state index in [1.165, 1.54) is 17.3 Å². The van der Waals surface area contributed by atoms with Gasteiger partial charge < -0.3 is 5.41 Å². The van der Waals surface area contributed by atoms with Crippen LogP contribution in [0, 0.1) is 12.3 Å². The number of rotatable bonds is 6. The highest BCUT2D eigenvalue weighted by Gasteiger charge is 2.17. The van der Waals surface area contributed by atoms with Gasteiger partial charge in [-0.2, -0.15) is 10.1 Å². The predicted octanol–water partition coefficient (Wildman–Crippen LogP) is 2.13. The maximum atomic E-state index is 7.81. The molecule has 0 saturated carbocycles. The second-order valence-corrected chi connectivity index (χ2v) is 5.65. The summed E-state index contributed by atoms with van der Waals surface area (Å²) in [4.78, 5) is 9.19. The number of aromatic amines is 1. The van der Waals surface area contributed by atoms with Gasteiger partial charge in [-0.3, -0.25) is 10.4 Å². The van der Waals surface area contributed by atoms with Crippen LogP contribution in [0.15, 0.2) is 36.5 Å². The Hall–Kier alpha value is -2.86. The first kappa shape index (κ1) is 16.0. The molecule has 6 heteroatoms. The standard InChI is InChI=1S/C18H20N6/c1-3-16-22-17(15-8-9-21-24-15)14(10-19)18(23-16)20-11-13-6-4-12(2)5-7-13/h4-10,19H,3,11H2,1-2H3,(H,21,24)(H,20,22,23)/p+1. The average molecular weight is 321 g/mol. The summed E-state index contributed by atoms with van der Waals surface area (Å²) >= 11 is 0. The number of H-pyrrole nitrogens is 1. The van der Waals surface area contributed by atoms with Crippen LogP contribution in [-0.4, -0.2) is 26.4 Å². The van der Waals surface area contributed by atoms with Crippen LogP contribution in [0.4, 0.5) is 5.82 Å². The van der Waals surface area contributed by atoms with Gasteiger partial charge in [-0.05, 0) is 13.0 Å². The van der Waals surface area contributed by atoms with Crippen LogP contribution in [0.5, 0.6) is 0 Å². The summed E-state index contributed by atoms with van der Waals surface area (Å²) in [5, 5.41) is 16.8. The largest absolute Gasteiger partial charge is 0.308 e. The van der Waals surface area contributed by atoms with Gasteiger partial charge in [-0.25, -0.2) is 4.98 Å². The molecule has 0 unspecified atom stereocenters. The number of aromatic nitrogens is 4. The first-order valence-electron chi connectivity index (χ1n) is 8.01. The van der Waals surface area contributed by atoms with E-state index in [2.05, 4.69) is 56.7 Å². The van der Waals surface area contributed by atoms with Crippen molar-refractivity contribution in [3.05, 3.63) is 59.0 Å². The maximum absolute atomic E-state index is 7.81. The molecule has 0 aliphatic heterocycles. The lowest BCUT2D eigenvalue weighted by Gasteiger charge is -2.09. The van der Waals surface area contributed by atoms with Gasteiger partial charge in [0.2, 0.25) is 5.82 Å². The summed E-state index contributed by atoms with van der Waals surface area (Å²) in [5.74, 6) is 1.56. The highest BCUT2D eigenvalue weighted by atomic mass is 15.1. The fourth-order valence-corrected chi connectivity index (χ4v) is 2.52. The molecule has 2 heterocycles. The number of quaternary nitrogens is 1. The van der Waals surface area contributed by atoms with Gasteiger partial charge in [-0.1, -0.05) is 36.8 Å². The molecule has 0 aliphatic carbocycles. The van der Waals surface area contributed by atoms with Crippen LogP contribution in [0.3, 0.4) is 0 Å². The Labute approximate surface area is 140 Å². The molecule has 1 aromatic carbocycles. The van der Waals surface area contributed by atoms with E-state index in [0.29, 0.717) is 5.56 Å². The molecular formula is C18H21N6+. The van der Waals surface area contributed by atoms with E-state index in [9.17, 15) is 0 Å².